The van der Waals surface area contributed by atoms with Gasteiger partial charge in [-0.15, -0.1) is 0 Å². The van der Waals surface area contributed by atoms with Gasteiger partial charge in [-0.2, -0.15) is 0 Å². The van der Waals surface area contributed by atoms with Crippen molar-refractivity contribution in [1.29, 1.82) is 0 Å². The van der Waals surface area contributed by atoms with Crippen LogP contribution in [0.3, 0.4) is 0 Å². The summed E-state index contributed by atoms with van der Waals surface area (Å²) in [7, 11) is 0. The number of hydrogen-bond acceptors (Lipinski definition) is 0. The molecule has 0 radical (unpaired) electrons. The Labute approximate surface area is 94.4 Å². The van der Waals surface area contributed by atoms with E-state index in [1.54, 1.807) is 0 Å². The van der Waals surface area contributed by atoms with Crippen LogP contribution in [0.4, 0.5) is 17.6 Å². The molecule has 0 saturated heterocycles. The molecule has 0 aliphatic heterocycles. The Hall–Kier alpha value is -0.280. The van der Waals surface area contributed by atoms with E-state index in [0.717, 1.165) is 0 Å². The van der Waals surface area contributed by atoms with Crippen molar-refractivity contribution in [2.45, 2.75) is 76.1 Å². The van der Waals surface area contributed by atoms with Gasteiger partial charge in [-0.05, 0) is 25.7 Å². The zero-order valence-electron chi connectivity index (χ0n) is 9.58. The van der Waals surface area contributed by atoms with Gasteiger partial charge >= 0.3 is 0 Å². The predicted octanol–water partition coefficient (Wildman–Crippen LogP) is 5.17. The van der Waals surface area contributed by atoms with Crippen molar-refractivity contribution in [3.63, 3.8) is 0 Å². The van der Waals surface area contributed by atoms with Crippen LogP contribution in [0.25, 0.3) is 0 Å². The standard InChI is InChI=1S/C12H20F4/c13-11(14)7-3-1-4-8-12(15,16)10-6-2-5-9-11/h1-10H2. The van der Waals surface area contributed by atoms with Gasteiger partial charge in [0.25, 0.3) is 0 Å². The second kappa shape index (κ2) is 5.87. The van der Waals surface area contributed by atoms with E-state index in [1.165, 1.54) is 0 Å². The van der Waals surface area contributed by atoms with Crippen molar-refractivity contribution >= 4 is 0 Å². The summed E-state index contributed by atoms with van der Waals surface area (Å²) in [4.78, 5) is 0. The first-order valence-corrected chi connectivity index (χ1v) is 6.17. The third kappa shape index (κ3) is 5.71. The van der Waals surface area contributed by atoms with Crippen molar-refractivity contribution in [1.82, 2.24) is 0 Å². The Morgan fingerprint density at radius 1 is 0.438 bits per heavy atom. The molecule has 0 bridgehead atoms. The van der Waals surface area contributed by atoms with E-state index < -0.39 is 11.8 Å². The molecule has 0 aromatic carbocycles. The summed E-state index contributed by atoms with van der Waals surface area (Å²) in [5, 5.41) is 0. The molecule has 16 heavy (non-hydrogen) atoms. The Morgan fingerprint density at radius 2 is 0.688 bits per heavy atom. The SMILES string of the molecule is FC1(F)CCCCCC(F)(F)CCCCC1. The molecule has 0 atom stereocenters. The molecule has 0 N–H and O–H groups in total. The molecule has 0 unspecified atom stereocenters. The number of hydrogen-bond donors (Lipinski definition) is 0. The highest BCUT2D eigenvalue weighted by Crippen LogP contribution is 2.33. The average molecular weight is 240 g/mol. The van der Waals surface area contributed by atoms with Crippen molar-refractivity contribution in [2.75, 3.05) is 0 Å². The lowest BCUT2D eigenvalue weighted by atomic mass is 9.97. The topological polar surface area (TPSA) is 0 Å². The third-order valence-corrected chi connectivity index (χ3v) is 3.17. The zero-order valence-corrected chi connectivity index (χ0v) is 9.58. The van der Waals surface area contributed by atoms with E-state index in [-0.39, 0.29) is 25.7 Å². The fourth-order valence-corrected chi connectivity index (χ4v) is 2.14. The molecule has 1 rings (SSSR count). The molecule has 1 saturated carbocycles. The Morgan fingerprint density at radius 3 is 0.938 bits per heavy atom. The van der Waals surface area contributed by atoms with Gasteiger partial charge in [-0.25, -0.2) is 17.6 Å². The van der Waals surface area contributed by atoms with Crippen LogP contribution in [0.1, 0.15) is 64.2 Å². The highest BCUT2D eigenvalue weighted by Gasteiger charge is 2.30. The summed E-state index contributed by atoms with van der Waals surface area (Å²) in [5.41, 5.74) is 0. The molecule has 1 aliphatic rings. The van der Waals surface area contributed by atoms with Gasteiger partial charge in [-0.1, -0.05) is 12.8 Å². The fourth-order valence-electron chi connectivity index (χ4n) is 2.14. The van der Waals surface area contributed by atoms with E-state index >= 15 is 0 Å². The maximum Gasteiger partial charge on any atom is 0.248 e. The lowest BCUT2D eigenvalue weighted by Crippen LogP contribution is -2.18. The molecule has 0 aromatic heterocycles. The van der Waals surface area contributed by atoms with Crippen LogP contribution < -0.4 is 0 Å². The fraction of sp³-hybridized carbons (Fsp3) is 1.00. The summed E-state index contributed by atoms with van der Waals surface area (Å²) in [6.07, 6.45) is 1.88. The second-order valence-electron chi connectivity index (χ2n) is 4.83. The Kier molecular flexibility index (Phi) is 5.06. The van der Waals surface area contributed by atoms with Crippen LogP contribution >= 0.6 is 0 Å². The summed E-state index contributed by atoms with van der Waals surface area (Å²) in [6, 6.07) is 0. The van der Waals surface area contributed by atoms with Gasteiger partial charge in [0.05, 0.1) is 0 Å². The first-order valence-electron chi connectivity index (χ1n) is 6.17. The van der Waals surface area contributed by atoms with Crippen LogP contribution in [-0.4, -0.2) is 11.8 Å². The normalized spacial score (nSPS) is 27.8. The smallest absolute Gasteiger partial charge is 0.207 e. The maximum absolute atomic E-state index is 13.2. The van der Waals surface area contributed by atoms with Crippen LogP contribution in [-0.2, 0) is 0 Å². The van der Waals surface area contributed by atoms with Gasteiger partial charge in [0.1, 0.15) is 0 Å². The maximum atomic E-state index is 13.2. The molecular weight excluding hydrogens is 220 g/mol. The lowest BCUT2D eigenvalue weighted by Gasteiger charge is -2.20. The molecule has 0 heterocycles. The summed E-state index contributed by atoms with van der Waals surface area (Å²) in [6.45, 7) is 0. The van der Waals surface area contributed by atoms with Gasteiger partial charge in [0.2, 0.25) is 11.8 Å². The van der Waals surface area contributed by atoms with Crippen LogP contribution in [0.2, 0.25) is 0 Å². The second-order valence-corrected chi connectivity index (χ2v) is 4.83. The van der Waals surface area contributed by atoms with E-state index in [1.807, 2.05) is 0 Å². The van der Waals surface area contributed by atoms with Crippen molar-refractivity contribution in [2.24, 2.45) is 0 Å². The largest absolute Gasteiger partial charge is 0.248 e. The molecule has 4 heteroatoms. The highest BCUT2D eigenvalue weighted by molar-refractivity contribution is 4.71. The molecule has 0 amide bonds. The molecule has 0 nitrogen and oxygen atoms in total. The highest BCUT2D eigenvalue weighted by atomic mass is 19.3. The number of halogens is 4. The van der Waals surface area contributed by atoms with Crippen LogP contribution in [0, 0.1) is 0 Å². The van der Waals surface area contributed by atoms with E-state index in [0.29, 0.717) is 38.5 Å². The van der Waals surface area contributed by atoms with Crippen molar-refractivity contribution < 1.29 is 17.6 Å². The minimum Gasteiger partial charge on any atom is -0.207 e. The van der Waals surface area contributed by atoms with E-state index in [9.17, 15) is 17.6 Å². The van der Waals surface area contributed by atoms with Gasteiger partial charge < -0.3 is 0 Å². The van der Waals surface area contributed by atoms with E-state index in [2.05, 4.69) is 0 Å². The van der Waals surface area contributed by atoms with Crippen LogP contribution in [0.5, 0.6) is 0 Å². The number of alkyl halides is 4. The molecule has 1 aliphatic carbocycles. The lowest BCUT2D eigenvalue weighted by molar-refractivity contribution is -0.0331. The van der Waals surface area contributed by atoms with Gasteiger partial charge in [0, 0.05) is 25.7 Å². The van der Waals surface area contributed by atoms with Crippen molar-refractivity contribution in [3.8, 4) is 0 Å². The first kappa shape index (κ1) is 13.8. The van der Waals surface area contributed by atoms with E-state index in [4.69, 9.17) is 0 Å². The average Bonchev–Trinajstić information content (AvgIpc) is 2.14. The minimum absolute atomic E-state index is 0.140. The predicted molar refractivity (Wildman–Crippen MR) is 56.1 cm³/mol. The molecule has 1 fully saturated rings. The Bertz CT molecular complexity index is 163. The van der Waals surface area contributed by atoms with Gasteiger partial charge in [-0.3, -0.25) is 0 Å². The number of rotatable bonds is 0. The molecular formula is C12H20F4. The molecule has 96 valence electrons. The minimum atomic E-state index is -2.58. The molecule has 0 aromatic rings. The summed E-state index contributed by atoms with van der Waals surface area (Å²) >= 11 is 0. The van der Waals surface area contributed by atoms with Crippen LogP contribution in [0.15, 0.2) is 0 Å². The van der Waals surface area contributed by atoms with Gasteiger partial charge in [0.15, 0.2) is 0 Å². The Balaban J connectivity index is 2.39. The van der Waals surface area contributed by atoms with Crippen molar-refractivity contribution in [3.05, 3.63) is 0 Å². The molecule has 0 spiro atoms. The summed E-state index contributed by atoms with van der Waals surface area (Å²) < 4.78 is 52.8. The quantitative estimate of drug-likeness (QED) is 0.512. The first-order chi connectivity index (χ1) is 7.41. The summed E-state index contributed by atoms with van der Waals surface area (Å²) in [5.74, 6) is -5.16. The third-order valence-electron chi connectivity index (χ3n) is 3.17. The monoisotopic (exact) mass is 240 g/mol. The zero-order chi connectivity index (χ0) is 12.1.